The SMILES string of the molecule is c1ccc2cc(-n3c4ccccc4c4cnc5c6ncccc6n(-c6cc7ccccc7cn6)c5c43)ncc2c1. The summed E-state index contributed by atoms with van der Waals surface area (Å²) in [5, 5.41) is 6.66. The Kier molecular flexibility index (Phi) is 4.24. The van der Waals surface area contributed by atoms with Crippen molar-refractivity contribution in [2.45, 2.75) is 0 Å². The number of fused-ring (bicyclic) bond motifs is 9. The standard InChI is InChI=1S/C34H20N6/c1-3-10-23-18-36-29(16-21(23)8-1)39-27-13-6-5-12-25(27)26-20-38-32-31-28(14-7-15-35-31)40(34(32)33(26)39)30-17-22-9-2-4-11-24(22)19-37-30/h1-20H. The Morgan fingerprint density at radius 2 is 1.02 bits per heavy atom. The fraction of sp³-hybridized carbons (Fsp3) is 0. The summed E-state index contributed by atoms with van der Waals surface area (Å²) in [6.45, 7) is 0. The maximum atomic E-state index is 5.01. The predicted octanol–water partition coefficient (Wildman–Crippen LogP) is 7.77. The summed E-state index contributed by atoms with van der Waals surface area (Å²) in [5.41, 5.74) is 5.71. The quantitative estimate of drug-likeness (QED) is 0.237. The Morgan fingerprint density at radius 1 is 0.425 bits per heavy atom. The molecule has 0 atom stereocenters. The number of hydrogen-bond donors (Lipinski definition) is 0. The highest BCUT2D eigenvalue weighted by Gasteiger charge is 2.23. The molecule has 0 saturated heterocycles. The molecule has 0 N–H and O–H groups in total. The number of hydrogen-bond acceptors (Lipinski definition) is 4. The van der Waals surface area contributed by atoms with E-state index in [0.717, 1.165) is 77.1 Å². The molecule has 0 radical (unpaired) electrons. The molecule has 0 amide bonds. The molecule has 0 aliphatic heterocycles. The predicted molar refractivity (Wildman–Crippen MR) is 161 cm³/mol. The van der Waals surface area contributed by atoms with Crippen molar-refractivity contribution in [2.24, 2.45) is 0 Å². The largest absolute Gasteiger partial charge is 0.291 e. The molecule has 9 aromatic rings. The van der Waals surface area contributed by atoms with Crippen LogP contribution in [0.2, 0.25) is 0 Å². The molecule has 6 aromatic heterocycles. The first-order valence-electron chi connectivity index (χ1n) is 13.2. The van der Waals surface area contributed by atoms with Gasteiger partial charge in [0.15, 0.2) is 0 Å². The van der Waals surface area contributed by atoms with Crippen molar-refractivity contribution >= 4 is 65.4 Å². The first-order chi connectivity index (χ1) is 19.8. The van der Waals surface area contributed by atoms with Gasteiger partial charge in [0.2, 0.25) is 0 Å². The average molecular weight is 513 g/mol. The molecule has 6 nitrogen and oxygen atoms in total. The second kappa shape index (κ2) is 7.94. The summed E-state index contributed by atoms with van der Waals surface area (Å²) in [7, 11) is 0. The monoisotopic (exact) mass is 512 g/mol. The number of rotatable bonds is 2. The highest BCUT2D eigenvalue weighted by molar-refractivity contribution is 6.21. The number of benzene rings is 3. The van der Waals surface area contributed by atoms with E-state index in [-0.39, 0.29) is 0 Å². The van der Waals surface area contributed by atoms with E-state index in [2.05, 4.69) is 88.0 Å². The lowest BCUT2D eigenvalue weighted by Gasteiger charge is -2.12. The van der Waals surface area contributed by atoms with Gasteiger partial charge < -0.3 is 0 Å². The van der Waals surface area contributed by atoms with Crippen LogP contribution in [0.15, 0.2) is 122 Å². The lowest BCUT2D eigenvalue weighted by Crippen LogP contribution is -2.02. The molecule has 9 rings (SSSR count). The molecular formula is C34H20N6. The average Bonchev–Trinajstić information content (AvgIpc) is 3.54. The van der Waals surface area contributed by atoms with Gasteiger partial charge in [-0.1, -0.05) is 66.7 Å². The van der Waals surface area contributed by atoms with Crippen molar-refractivity contribution in [3.8, 4) is 11.6 Å². The molecule has 0 spiro atoms. The van der Waals surface area contributed by atoms with Crippen LogP contribution >= 0.6 is 0 Å². The third-order valence-corrected chi connectivity index (χ3v) is 7.85. The number of nitrogens with zero attached hydrogens (tertiary/aromatic N) is 6. The van der Waals surface area contributed by atoms with Crippen molar-refractivity contribution in [2.75, 3.05) is 0 Å². The van der Waals surface area contributed by atoms with Crippen molar-refractivity contribution < 1.29 is 0 Å². The van der Waals surface area contributed by atoms with E-state index >= 15 is 0 Å². The summed E-state index contributed by atoms with van der Waals surface area (Å²) >= 11 is 0. The lowest BCUT2D eigenvalue weighted by atomic mass is 10.2. The van der Waals surface area contributed by atoms with E-state index in [1.807, 2.05) is 43.0 Å². The second-order valence-corrected chi connectivity index (χ2v) is 10.1. The molecule has 0 fully saturated rings. The van der Waals surface area contributed by atoms with Gasteiger partial charge in [-0.3, -0.25) is 19.1 Å². The van der Waals surface area contributed by atoms with Gasteiger partial charge in [0.1, 0.15) is 28.2 Å². The van der Waals surface area contributed by atoms with Crippen LogP contribution in [0.3, 0.4) is 0 Å². The summed E-state index contributed by atoms with van der Waals surface area (Å²) in [4.78, 5) is 19.7. The number of para-hydroxylation sites is 1. The summed E-state index contributed by atoms with van der Waals surface area (Å²) in [6.07, 6.45) is 7.69. The van der Waals surface area contributed by atoms with Crippen LogP contribution < -0.4 is 0 Å². The minimum absolute atomic E-state index is 0.823. The fourth-order valence-corrected chi connectivity index (χ4v) is 6.06. The molecule has 6 heterocycles. The minimum atomic E-state index is 0.823. The van der Waals surface area contributed by atoms with Crippen LogP contribution in [0, 0.1) is 0 Å². The van der Waals surface area contributed by atoms with Crippen molar-refractivity contribution in [3.05, 3.63) is 122 Å². The van der Waals surface area contributed by atoms with Gasteiger partial charge in [-0.2, -0.15) is 0 Å². The maximum Gasteiger partial charge on any atom is 0.138 e. The molecule has 0 aliphatic rings. The Bertz CT molecular complexity index is 2280. The fourth-order valence-electron chi connectivity index (χ4n) is 6.06. The zero-order valence-electron chi connectivity index (χ0n) is 21.2. The van der Waals surface area contributed by atoms with Crippen molar-refractivity contribution in [1.29, 1.82) is 0 Å². The number of pyridine rings is 4. The van der Waals surface area contributed by atoms with Crippen LogP contribution in [0.5, 0.6) is 0 Å². The normalized spacial score (nSPS) is 12.0. The van der Waals surface area contributed by atoms with Crippen LogP contribution in [0.25, 0.3) is 77.1 Å². The zero-order valence-corrected chi connectivity index (χ0v) is 21.2. The first-order valence-corrected chi connectivity index (χ1v) is 13.2. The molecule has 0 saturated carbocycles. The third kappa shape index (κ3) is 2.87. The van der Waals surface area contributed by atoms with E-state index in [0.29, 0.717) is 0 Å². The molecule has 0 unspecified atom stereocenters. The molecule has 186 valence electrons. The minimum Gasteiger partial charge on any atom is -0.291 e. The highest BCUT2D eigenvalue weighted by atomic mass is 15.1. The molecule has 40 heavy (non-hydrogen) atoms. The Balaban J connectivity index is 1.51. The topological polar surface area (TPSA) is 61.4 Å². The van der Waals surface area contributed by atoms with E-state index in [9.17, 15) is 0 Å². The molecule has 3 aromatic carbocycles. The summed E-state index contributed by atoms with van der Waals surface area (Å²) in [6, 6.07) is 33.4. The lowest BCUT2D eigenvalue weighted by molar-refractivity contribution is 1.06. The van der Waals surface area contributed by atoms with E-state index in [1.54, 1.807) is 0 Å². The Morgan fingerprint density at radius 3 is 1.75 bits per heavy atom. The van der Waals surface area contributed by atoms with Gasteiger partial charge in [-0.05, 0) is 41.1 Å². The Labute approximate surface area is 227 Å². The van der Waals surface area contributed by atoms with Crippen molar-refractivity contribution in [3.63, 3.8) is 0 Å². The molecule has 0 bridgehead atoms. The van der Waals surface area contributed by atoms with Gasteiger partial charge in [0, 0.05) is 46.3 Å². The van der Waals surface area contributed by atoms with Gasteiger partial charge >= 0.3 is 0 Å². The smallest absolute Gasteiger partial charge is 0.138 e. The van der Waals surface area contributed by atoms with E-state index < -0.39 is 0 Å². The summed E-state index contributed by atoms with van der Waals surface area (Å²) in [5.74, 6) is 1.68. The zero-order chi connectivity index (χ0) is 26.2. The van der Waals surface area contributed by atoms with Crippen LogP contribution in [-0.4, -0.2) is 29.1 Å². The number of aromatic nitrogens is 6. The van der Waals surface area contributed by atoms with Crippen LogP contribution in [0.4, 0.5) is 0 Å². The molecular weight excluding hydrogens is 492 g/mol. The molecule has 0 aliphatic carbocycles. The first kappa shape index (κ1) is 21.3. The van der Waals surface area contributed by atoms with Gasteiger partial charge in [0.25, 0.3) is 0 Å². The van der Waals surface area contributed by atoms with E-state index in [4.69, 9.17) is 19.9 Å². The molecule has 6 heteroatoms. The van der Waals surface area contributed by atoms with Gasteiger partial charge in [0.05, 0.1) is 16.6 Å². The Hall–Kier alpha value is -5.62. The maximum absolute atomic E-state index is 5.01. The summed E-state index contributed by atoms with van der Waals surface area (Å²) < 4.78 is 4.47. The van der Waals surface area contributed by atoms with Gasteiger partial charge in [-0.15, -0.1) is 0 Å². The van der Waals surface area contributed by atoms with Crippen LogP contribution in [-0.2, 0) is 0 Å². The van der Waals surface area contributed by atoms with Gasteiger partial charge in [-0.25, -0.2) is 9.97 Å². The second-order valence-electron chi connectivity index (χ2n) is 10.1. The highest BCUT2D eigenvalue weighted by Crippen LogP contribution is 2.39. The van der Waals surface area contributed by atoms with Crippen molar-refractivity contribution in [1.82, 2.24) is 29.1 Å². The van der Waals surface area contributed by atoms with E-state index in [1.165, 1.54) is 0 Å². The van der Waals surface area contributed by atoms with Crippen LogP contribution in [0.1, 0.15) is 0 Å². The third-order valence-electron chi connectivity index (χ3n) is 7.85.